The molecule has 2 aliphatic heterocycles. The van der Waals surface area contributed by atoms with E-state index < -0.39 is 0 Å². The second-order valence-corrected chi connectivity index (χ2v) is 6.70. The minimum Gasteiger partial charge on any atom is -0.373 e. The zero-order valence-electron chi connectivity index (χ0n) is 13.4. The van der Waals surface area contributed by atoms with Crippen LogP contribution in [0.2, 0.25) is 0 Å². The maximum atomic E-state index is 5.86. The molecule has 0 amide bonds. The van der Waals surface area contributed by atoms with Gasteiger partial charge in [-0.1, -0.05) is 30.3 Å². The summed E-state index contributed by atoms with van der Waals surface area (Å²) >= 11 is 0. The summed E-state index contributed by atoms with van der Waals surface area (Å²) in [7, 11) is 0. The molecule has 21 heavy (non-hydrogen) atoms. The van der Waals surface area contributed by atoms with E-state index in [0.717, 1.165) is 25.7 Å². The number of rotatable bonds is 3. The van der Waals surface area contributed by atoms with Gasteiger partial charge < -0.3 is 4.74 Å². The SMILES string of the molecule is C[C@@H]1CN(C2CCN(Cc3ccccc3)CC2)C[C@@H](C)O1. The summed E-state index contributed by atoms with van der Waals surface area (Å²) in [5.41, 5.74) is 1.43. The zero-order chi connectivity index (χ0) is 14.7. The molecule has 0 aromatic heterocycles. The van der Waals surface area contributed by atoms with Crippen LogP contribution in [0.3, 0.4) is 0 Å². The zero-order valence-corrected chi connectivity index (χ0v) is 13.4. The van der Waals surface area contributed by atoms with E-state index in [0.29, 0.717) is 12.2 Å². The number of hydrogen-bond donors (Lipinski definition) is 0. The lowest BCUT2D eigenvalue weighted by Gasteiger charge is -2.43. The molecule has 0 spiro atoms. The quantitative estimate of drug-likeness (QED) is 0.850. The Bertz CT molecular complexity index is 418. The molecule has 0 saturated carbocycles. The van der Waals surface area contributed by atoms with Gasteiger partial charge in [0.2, 0.25) is 0 Å². The summed E-state index contributed by atoms with van der Waals surface area (Å²) < 4.78 is 5.86. The smallest absolute Gasteiger partial charge is 0.0678 e. The van der Waals surface area contributed by atoms with E-state index in [2.05, 4.69) is 54.0 Å². The first-order valence-electron chi connectivity index (χ1n) is 8.36. The molecule has 2 fully saturated rings. The van der Waals surface area contributed by atoms with Crippen LogP contribution in [0.25, 0.3) is 0 Å². The molecule has 0 aliphatic carbocycles. The largest absolute Gasteiger partial charge is 0.373 e. The summed E-state index contributed by atoms with van der Waals surface area (Å²) in [5, 5.41) is 0. The Balaban J connectivity index is 1.48. The fourth-order valence-electron chi connectivity index (χ4n) is 3.80. The first kappa shape index (κ1) is 15.0. The van der Waals surface area contributed by atoms with Gasteiger partial charge in [0.25, 0.3) is 0 Å². The lowest BCUT2D eigenvalue weighted by molar-refractivity contribution is -0.0865. The number of likely N-dealkylation sites (tertiary alicyclic amines) is 1. The van der Waals surface area contributed by atoms with Crippen LogP contribution < -0.4 is 0 Å². The highest BCUT2D eigenvalue weighted by molar-refractivity contribution is 5.14. The van der Waals surface area contributed by atoms with Gasteiger partial charge in [-0.3, -0.25) is 9.80 Å². The second-order valence-electron chi connectivity index (χ2n) is 6.70. The average molecular weight is 288 g/mol. The molecule has 0 unspecified atom stereocenters. The molecule has 3 nitrogen and oxygen atoms in total. The number of hydrogen-bond acceptors (Lipinski definition) is 3. The molecule has 116 valence electrons. The van der Waals surface area contributed by atoms with Crippen molar-refractivity contribution >= 4 is 0 Å². The first-order valence-corrected chi connectivity index (χ1v) is 8.36. The maximum Gasteiger partial charge on any atom is 0.0678 e. The van der Waals surface area contributed by atoms with Crippen LogP contribution in [0.4, 0.5) is 0 Å². The van der Waals surface area contributed by atoms with Gasteiger partial charge in [0, 0.05) is 25.7 Å². The lowest BCUT2D eigenvalue weighted by Crippen LogP contribution is -2.53. The highest BCUT2D eigenvalue weighted by atomic mass is 16.5. The first-order chi connectivity index (χ1) is 10.2. The van der Waals surface area contributed by atoms with Gasteiger partial charge in [-0.05, 0) is 45.3 Å². The van der Waals surface area contributed by atoms with E-state index in [4.69, 9.17) is 4.74 Å². The van der Waals surface area contributed by atoms with Crippen molar-refractivity contribution in [3.8, 4) is 0 Å². The van der Waals surface area contributed by atoms with E-state index in [1.54, 1.807) is 0 Å². The predicted molar refractivity (Wildman–Crippen MR) is 86.3 cm³/mol. The average Bonchev–Trinajstić information content (AvgIpc) is 2.48. The molecule has 1 aromatic rings. The third-order valence-electron chi connectivity index (χ3n) is 4.77. The van der Waals surface area contributed by atoms with Gasteiger partial charge in [-0.25, -0.2) is 0 Å². The van der Waals surface area contributed by atoms with Gasteiger partial charge in [0.1, 0.15) is 0 Å². The normalized spacial score (nSPS) is 29.6. The third-order valence-corrected chi connectivity index (χ3v) is 4.77. The lowest BCUT2D eigenvalue weighted by atomic mass is 10.0. The predicted octanol–water partition coefficient (Wildman–Crippen LogP) is 2.76. The van der Waals surface area contributed by atoms with Crippen LogP contribution in [0.1, 0.15) is 32.3 Å². The van der Waals surface area contributed by atoms with Crippen LogP contribution in [0, 0.1) is 0 Å². The molecule has 2 saturated heterocycles. The van der Waals surface area contributed by atoms with Crippen molar-refractivity contribution in [1.82, 2.24) is 9.80 Å². The number of piperidine rings is 1. The molecule has 2 atom stereocenters. The molecular formula is C18H28N2O. The number of morpholine rings is 1. The van der Waals surface area contributed by atoms with E-state index in [1.165, 1.54) is 31.5 Å². The summed E-state index contributed by atoms with van der Waals surface area (Å²) in [6, 6.07) is 11.6. The molecule has 3 heteroatoms. The third kappa shape index (κ3) is 4.06. The highest BCUT2D eigenvalue weighted by Crippen LogP contribution is 2.22. The van der Waals surface area contributed by atoms with Crippen molar-refractivity contribution in [1.29, 1.82) is 0 Å². The molecule has 2 aliphatic rings. The van der Waals surface area contributed by atoms with Crippen molar-refractivity contribution in [3.63, 3.8) is 0 Å². The molecule has 2 heterocycles. The van der Waals surface area contributed by atoms with Crippen molar-refractivity contribution in [2.75, 3.05) is 26.2 Å². The Morgan fingerprint density at radius 2 is 1.62 bits per heavy atom. The Morgan fingerprint density at radius 1 is 1.00 bits per heavy atom. The van der Waals surface area contributed by atoms with Crippen LogP contribution in [-0.2, 0) is 11.3 Å². The van der Waals surface area contributed by atoms with Gasteiger partial charge in [-0.15, -0.1) is 0 Å². The Kier molecular flexibility index (Phi) is 4.94. The van der Waals surface area contributed by atoms with E-state index in [9.17, 15) is 0 Å². The molecule has 0 radical (unpaired) electrons. The fourth-order valence-corrected chi connectivity index (χ4v) is 3.80. The van der Waals surface area contributed by atoms with Crippen molar-refractivity contribution in [2.24, 2.45) is 0 Å². The maximum absolute atomic E-state index is 5.86. The second kappa shape index (κ2) is 6.91. The van der Waals surface area contributed by atoms with Crippen molar-refractivity contribution in [3.05, 3.63) is 35.9 Å². The van der Waals surface area contributed by atoms with Gasteiger partial charge in [-0.2, -0.15) is 0 Å². The molecule has 0 bridgehead atoms. The van der Waals surface area contributed by atoms with Crippen LogP contribution in [-0.4, -0.2) is 54.2 Å². The van der Waals surface area contributed by atoms with E-state index in [-0.39, 0.29) is 0 Å². The van der Waals surface area contributed by atoms with Gasteiger partial charge in [0.15, 0.2) is 0 Å². The number of nitrogens with zero attached hydrogens (tertiary/aromatic N) is 2. The standard InChI is InChI=1S/C18H28N2O/c1-15-12-20(13-16(2)21-15)18-8-10-19(11-9-18)14-17-6-4-3-5-7-17/h3-7,15-16,18H,8-14H2,1-2H3/t15-,16-/m1/s1. The topological polar surface area (TPSA) is 15.7 Å². The van der Waals surface area contributed by atoms with Gasteiger partial charge in [0.05, 0.1) is 12.2 Å². The Hall–Kier alpha value is -0.900. The summed E-state index contributed by atoms with van der Waals surface area (Å²) in [6.45, 7) is 10.2. The highest BCUT2D eigenvalue weighted by Gasteiger charge is 2.30. The minimum absolute atomic E-state index is 0.385. The Labute approximate surface area is 128 Å². The molecule has 3 rings (SSSR count). The molecule has 0 N–H and O–H groups in total. The van der Waals surface area contributed by atoms with Crippen LogP contribution >= 0.6 is 0 Å². The van der Waals surface area contributed by atoms with Gasteiger partial charge >= 0.3 is 0 Å². The number of benzene rings is 1. The monoisotopic (exact) mass is 288 g/mol. The van der Waals surface area contributed by atoms with Crippen molar-refractivity contribution in [2.45, 2.75) is 51.5 Å². The van der Waals surface area contributed by atoms with Crippen LogP contribution in [0.5, 0.6) is 0 Å². The van der Waals surface area contributed by atoms with Crippen LogP contribution in [0.15, 0.2) is 30.3 Å². The van der Waals surface area contributed by atoms with E-state index >= 15 is 0 Å². The minimum atomic E-state index is 0.385. The fraction of sp³-hybridized carbons (Fsp3) is 0.667. The van der Waals surface area contributed by atoms with Crippen molar-refractivity contribution < 1.29 is 4.74 Å². The van der Waals surface area contributed by atoms with E-state index in [1.807, 2.05) is 0 Å². The molecular weight excluding hydrogens is 260 g/mol. The summed E-state index contributed by atoms with van der Waals surface area (Å²) in [4.78, 5) is 5.26. The summed E-state index contributed by atoms with van der Waals surface area (Å²) in [6.07, 6.45) is 3.37. The molecule has 1 aromatic carbocycles. The summed E-state index contributed by atoms with van der Waals surface area (Å²) in [5.74, 6) is 0. The Morgan fingerprint density at radius 3 is 2.24 bits per heavy atom. The number of ether oxygens (including phenoxy) is 1.